The number of carbonyl (C=O) groups excluding carboxylic acids is 1. The fourth-order valence-corrected chi connectivity index (χ4v) is 1.36. The SMILES string of the molecule is Nc1ccc(F)cc1C(=O)Nc1cccnc1. The number of carbonyl (C=O) groups is 1. The molecule has 1 amide bonds. The molecule has 3 N–H and O–H groups in total. The van der Waals surface area contributed by atoms with Gasteiger partial charge in [-0.1, -0.05) is 0 Å². The molecule has 0 saturated carbocycles. The zero-order valence-electron chi connectivity index (χ0n) is 8.85. The fraction of sp³-hybridized carbons (Fsp3) is 0. The first-order chi connectivity index (χ1) is 8.16. The maximum absolute atomic E-state index is 13.0. The van der Waals surface area contributed by atoms with Gasteiger partial charge in [-0.05, 0) is 30.3 Å². The summed E-state index contributed by atoms with van der Waals surface area (Å²) in [4.78, 5) is 15.7. The van der Waals surface area contributed by atoms with E-state index in [9.17, 15) is 9.18 Å². The molecule has 0 saturated heterocycles. The largest absolute Gasteiger partial charge is 0.398 e. The standard InChI is InChI=1S/C12H10FN3O/c13-8-3-4-11(14)10(6-8)12(17)16-9-2-1-5-15-7-9/h1-7H,14H2,(H,16,17). The number of pyridine rings is 1. The summed E-state index contributed by atoms with van der Waals surface area (Å²) in [7, 11) is 0. The van der Waals surface area contributed by atoms with Crippen LogP contribution in [0.25, 0.3) is 0 Å². The first kappa shape index (κ1) is 11.1. The highest BCUT2D eigenvalue weighted by Crippen LogP contribution is 2.15. The lowest BCUT2D eigenvalue weighted by Gasteiger charge is -2.06. The summed E-state index contributed by atoms with van der Waals surface area (Å²) >= 11 is 0. The summed E-state index contributed by atoms with van der Waals surface area (Å²) in [6, 6.07) is 7.02. The number of benzene rings is 1. The number of nitrogen functional groups attached to an aromatic ring is 1. The number of hydrogen-bond donors (Lipinski definition) is 2. The molecular weight excluding hydrogens is 221 g/mol. The molecule has 2 rings (SSSR count). The molecule has 0 bridgehead atoms. The highest BCUT2D eigenvalue weighted by atomic mass is 19.1. The van der Waals surface area contributed by atoms with Crippen LogP contribution < -0.4 is 11.1 Å². The van der Waals surface area contributed by atoms with Crippen LogP contribution in [0.2, 0.25) is 0 Å². The van der Waals surface area contributed by atoms with Gasteiger partial charge in [-0.2, -0.15) is 0 Å². The number of rotatable bonds is 2. The molecule has 0 aliphatic carbocycles. The minimum atomic E-state index is -0.504. The van der Waals surface area contributed by atoms with Crippen LogP contribution in [0.5, 0.6) is 0 Å². The molecule has 5 heteroatoms. The molecule has 86 valence electrons. The number of hydrogen-bond acceptors (Lipinski definition) is 3. The van der Waals surface area contributed by atoms with Crippen LogP contribution >= 0.6 is 0 Å². The molecule has 0 fully saturated rings. The maximum atomic E-state index is 13.0. The Balaban J connectivity index is 2.23. The van der Waals surface area contributed by atoms with E-state index in [4.69, 9.17) is 5.73 Å². The van der Waals surface area contributed by atoms with Crippen molar-refractivity contribution in [3.05, 3.63) is 54.1 Å². The summed E-state index contributed by atoms with van der Waals surface area (Å²) in [6.07, 6.45) is 3.08. The summed E-state index contributed by atoms with van der Waals surface area (Å²) < 4.78 is 13.0. The van der Waals surface area contributed by atoms with Crippen molar-refractivity contribution in [2.75, 3.05) is 11.1 Å². The average molecular weight is 231 g/mol. The second-order valence-electron chi connectivity index (χ2n) is 3.43. The second kappa shape index (κ2) is 4.61. The number of halogens is 1. The Morgan fingerprint density at radius 3 is 2.88 bits per heavy atom. The number of aromatic nitrogens is 1. The van der Waals surface area contributed by atoms with Gasteiger partial charge in [0, 0.05) is 11.9 Å². The van der Waals surface area contributed by atoms with Gasteiger partial charge in [0.1, 0.15) is 5.82 Å². The molecule has 0 unspecified atom stereocenters. The van der Waals surface area contributed by atoms with Crippen LogP contribution in [0.3, 0.4) is 0 Å². The Kier molecular flexibility index (Phi) is 3.00. The Morgan fingerprint density at radius 2 is 2.18 bits per heavy atom. The molecule has 1 aromatic heterocycles. The lowest BCUT2D eigenvalue weighted by atomic mass is 10.1. The van der Waals surface area contributed by atoms with Gasteiger partial charge in [0.25, 0.3) is 5.91 Å². The van der Waals surface area contributed by atoms with E-state index in [1.807, 2.05) is 0 Å². The molecule has 0 radical (unpaired) electrons. The minimum absolute atomic E-state index is 0.105. The molecule has 2 aromatic rings. The zero-order valence-corrected chi connectivity index (χ0v) is 8.85. The molecule has 0 aliphatic rings. The first-order valence-electron chi connectivity index (χ1n) is 4.93. The van der Waals surface area contributed by atoms with Crippen molar-refractivity contribution < 1.29 is 9.18 Å². The third-order valence-corrected chi connectivity index (χ3v) is 2.18. The monoisotopic (exact) mass is 231 g/mol. The van der Waals surface area contributed by atoms with E-state index in [1.54, 1.807) is 18.3 Å². The first-order valence-corrected chi connectivity index (χ1v) is 4.93. The quantitative estimate of drug-likeness (QED) is 0.777. The van der Waals surface area contributed by atoms with Crippen molar-refractivity contribution >= 4 is 17.3 Å². The maximum Gasteiger partial charge on any atom is 0.257 e. The van der Waals surface area contributed by atoms with Gasteiger partial charge in [0.2, 0.25) is 0 Å². The smallest absolute Gasteiger partial charge is 0.257 e. The molecule has 0 atom stereocenters. The van der Waals surface area contributed by atoms with E-state index in [2.05, 4.69) is 10.3 Å². The Morgan fingerprint density at radius 1 is 1.35 bits per heavy atom. The van der Waals surface area contributed by atoms with Crippen LogP contribution in [0.4, 0.5) is 15.8 Å². The number of amides is 1. The van der Waals surface area contributed by atoms with Crippen molar-refractivity contribution in [3.8, 4) is 0 Å². The highest BCUT2D eigenvalue weighted by Gasteiger charge is 2.10. The number of anilines is 2. The van der Waals surface area contributed by atoms with Gasteiger partial charge in [-0.3, -0.25) is 9.78 Å². The van der Waals surface area contributed by atoms with Gasteiger partial charge in [-0.25, -0.2) is 4.39 Å². The molecular formula is C12H10FN3O. The van der Waals surface area contributed by atoms with Gasteiger partial charge in [0.15, 0.2) is 0 Å². The van der Waals surface area contributed by atoms with Crippen molar-refractivity contribution in [3.63, 3.8) is 0 Å². The van der Waals surface area contributed by atoms with Gasteiger partial charge in [0.05, 0.1) is 17.4 Å². The molecule has 4 nitrogen and oxygen atoms in total. The molecule has 1 heterocycles. The number of nitrogens with zero attached hydrogens (tertiary/aromatic N) is 1. The minimum Gasteiger partial charge on any atom is -0.398 e. The van der Waals surface area contributed by atoms with Gasteiger partial charge < -0.3 is 11.1 Å². The number of nitrogens with two attached hydrogens (primary N) is 1. The molecule has 0 aliphatic heterocycles. The third-order valence-electron chi connectivity index (χ3n) is 2.18. The molecule has 1 aromatic carbocycles. The van der Waals surface area contributed by atoms with Crippen LogP contribution in [0.15, 0.2) is 42.7 Å². The van der Waals surface area contributed by atoms with Crippen LogP contribution in [-0.4, -0.2) is 10.9 Å². The Hall–Kier alpha value is -2.43. The summed E-state index contributed by atoms with van der Waals surface area (Å²) in [5.74, 6) is -0.967. The van der Waals surface area contributed by atoms with E-state index < -0.39 is 11.7 Å². The average Bonchev–Trinajstić information content (AvgIpc) is 2.33. The summed E-state index contributed by atoms with van der Waals surface area (Å²) in [5, 5.41) is 2.58. The second-order valence-corrected chi connectivity index (χ2v) is 3.43. The van der Waals surface area contributed by atoms with Gasteiger partial charge in [-0.15, -0.1) is 0 Å². The summed E-state index contributed by atoms with van der Waals surface area (Å²) in [6.45, 7) is 0. The van der Waals surface area contributed by atoms with Gasteiger partial charge >= 0.3 is 0 Å². The lowest BCUT2D eigenvalue weighted by Crippen LogP contribution is -2.14. The molecule has 0 spiro atoms. The van der Waals surface area contributed by atoms with Crippen LogP contribution in [-0.2, 0) is 0 Å². The van der Waals surface area contributed by atoms with Crippen molar-refractivity contribution in [2.45, 2.75) is 0 Å². The topological polar surface area (TPSA) is 68.0 Å². The van der Waals surface area contributed by atoms with E-state index in [0.29, 0.717) is 5.69 Å². The van der Waals surface area contributed by atoms with E-state index in [1.165, 1.54) is 18.3 Å². The predicted molar refractivity (Wildman–Crippen MR) is 63.0 cm³/mol. The fourth-order valence-electron chi connectivity index (χ4n) is 1.36. The summed E-state index contributed by atoms with van der Waals surface area (Å²) in [5.41, 5.74) is 6.46. The third kappa shape index (κ3) is 2.57. The van der Waals surface area contributed by atoms with Crippen molar-refractivity contribution in [1.82, 2.24) is 4.98 Å². The van der Waals surface area contributed by atoms with Crippen LogP contribution in [0, 0.1) is 5.82 Å². The number of nitrogens with one attached hydrogen (secondary N) is 1. The van der Waals surface area contributed by atoms with E-state index in [0.717, 1.165) is 6.07 Å². The normalized spacial score (nSPS) is 9.94. The zero-order chi connectivity index (χ0) is 12.3. The van der Waals surface area contributed by atoms with Crippen LogP contribution in [0.1, 0.15) is 10.4 Å². The van der Waals surface area contributed by atoms with E-state index in [-0.39, 0.29) is 11.3 Å². The molecule has 17 heavy (non-hydrogen) atoms. The Labute approximate surface area is 97.3 Å². The van der Waals surface area contributed by atoms with Crippen molar-refractivity contribution in [2.24, 2.45) is 0 Å². The Bertz CT molecular complexity index is 543. The van der Waals surface area contributed by atoms with Crippen molar-refractivity contribution in [1.29, 1.82) is 0 Å². The van der Waals surface area contributed by atoms with E-state index >= 15 is 0 Å². The predicted octanol–water partition coefficient (Wildman–Crippen LogP) is 2.06. The highest BCUT2D eigenvalue weighted by molar-refractivity contribution is 6.07. The lowest BCUT2D eigenvalue weighted by molar-refractivity contribution is 0.102.